The van der Waals surface area contributed by atoms with Gasteiger partial charge in [-0.15, -0.1) is 0 Å². The Morgan fingerprint density at radius 3 is 2.50 bits per heavy atom. The molecule has 2 heterocycles. The third kappa shape index (κ3) is 4.64. The van der Waals surface area contributed by atoms with Crippen LogP contribution in [0.3, 0.4) is 0 Å². The summed E-state index contributed by atoms with van der Waals surface area (Å²) in [7, 11) is 0. The monoisotopic (exact) mass is 457 g/mol. The largest absolute Gasteiger partial charge is 0.419 e. The Labute approximate surface area is 168 Å². The minimum Gasteiger partial charge on any atom is -0.392 e. The van der Waals surface area contributed by atoms with Crippen molar-refractivity contribution in [1.29, 1.82) is 0 Å². The molecule has 28 heavy (non-hydrogen) atoms. The molecule has 150 valence electrons. The summed E-state index contributed by atoms with van der Waals surface area (Å²) in [6.07, 6.45) is -3.00. The number of alkyl halides is 3. The summed E-state index contributed by atoms with van der Waals surface area (Å²) in [4.78, 5) is 19.7. The van der Waals surface area contributed by atoms with Gasteiger partial charge in [-0.25, -0.2) is 4.98 Å². The first kappa shape index (κ1) is 20.6. The average molecular weight is 458 g/mol. The van der Waals surface area contributed by atoms with E-state index in [9.17, 15) is 23.1 Å². The summed E-state index contributed by atoms with van der Waals surface area (Å²) in [5, 5.41) is 9.44. The van der Waals surface area contributed by atoms with Crippen LogP contribution in [0.15, 0.2) is 41.0 Å². The molecule has 3 rings (SSSR count). The molecule has 1 fully saturated rings. The van der Waals surface area contributed by atoms with Crippen LogP contribution in [0.4, 0.5) is 19.0 Å². The highest BCUT2D eigenvalue weighted by molar-refractivity contribution is 9.10. The first-order valence-corrected chi connectivity index (χ1v) is 9.52. The Hall–Kier alpha value is -2.13. The highest BCUT2D eigenvalue weighted by Gasteiger charge is 2.36. The Bertz CT molecular complexity index is 853. The maximum atomic E-state index is 13.2. The molecule has 1 aliphatic heterocycles. The summed E-state index contributed by atoms with van der Waals surface area (Å²) >= 11 is 3.36. The standard InChI is InChI=1S/C19H19BrF3N3O2/c20-15-4-3-13(12-27)14(10-15)11-17(28)25-6-8-26(9-7-25)18-16(19(21,22)23)2-1-5-24-18/h1-5,10,27H,6-9,11-12H2. The van der Waals surface area contributed by atoms with Crippen LogP contribution >= 0.6 is 15.9 Å². The number of halogens is 4. The number of pyridine rings is 1. The van der Waals surface area contributed by atoms with Gasteiger partial charge in [0, 0.05) is 36.8 Å². The molecule has 0 unspecified atom stereocenters. The number of amides is 1. The van der Waals surface area contributed by atoms with E-state index >= 15 is 0 Å². The maximum absolute atomic E-state index is 13.2. The van der Waals surface area contributed by atoms with Gasteiger partial charge in [-0.3, -0.25) is 4.79 Å². The van der Waals surface area contributed by atoms with Crippen LogP contribution in [0, 0.1) is 0 Å². The number of aliphatic hydroxyl groups excluding tert-OH is 1. The zero-order chi connectivity index (χ0) is 20.3. The highest BCUT2D eigenvalue weighted by Crippen LogP contribution is 2.35. The lowest BCUT2D eigenvalue weighted by Gasteiger charge is -2.36. The third-order valence-corrected chi connectivity index (χ3v) is 5.20. The summed E-state index contributed by atoms with van der Waals surface area (Å²) in [6.45, 7) is 1.02. The summed E-state index contributed by atoms with van der Waals surface area (Å²) in [5.74, 6) is -0.221. The molecule has 0 radical (unpaired) electrons. The Morgan fingerprint density at radius 2 is 1.86 bits per heavy atom. The summed E-state index contributed by atoms with van der Waals surface area (Å²) < 4.78 is 40.4. The smallest absolute Gasteiger partial charge is 0.392 e. The van der Waals surface area contributed by atoms with Crippen LogP contribution in [0.2, 0.25) is 0 Å². The minimum atomic E-state index is -4.47. The normalized spacial score (nSPS) is 15.0. The van der Waals surface area contributed by atoms with Gasteiger partial charge >= 0.3 is 6.18 Å². The second-order valence-electron chi connectivity index (χ2n) is 6.49. The van der Waals surface area contributed by atoms with E-state index in [-0.39, 0.29) is 37.8 Å². The van der Waals surface area contributed by atoms with Crippen molar-refractivity contribution in [2.45, 2.75) is 19.2 Å². The molecule has 5 nitrogen and oxygen atoms in total. The predicted molar refractivity (Wildman–Crippen MR) is 102 cm³/mol. The molecule has 0 aliphatic carbocycles. The fourth-order valence-corrected chi connectivity index (χ4v) is 3.63. The Morgan fingerprint density at radius 1 is 1.14 bits per heavy atom. The van der Waals surface area contributed by atoms with Gasteiger partial charge in [-0.1, -0.05) is 22.0 Å². The number of carbonyl (C=O) groups is 1. The van der Waals surface area contributed by atoms with E-state index < -0.39 is 11.7 Å². The number of anilines is 1. The van der Waals surface area contributed by atoms with Gasteiger partial charge in [0.05, 0.1) is 18.6 Å². The van der Waals surface area contributed by atoms with Crippen LogP contribution in [0.25, 0.3) is 0 Å². The van der Waals surface area contributed by atoms with Gasteiger partial charge in [0.2, 0.25) is 5.91 Å². The molecule has 1 saturated heterocycles. The van der Waals surface area contributed by atoms with Crippen molar-refractivity contribution in [1.82, 2.24) is 9.88 Å². The van der Waals surface area contributed by atoms with E-state index in [0.717, 1.165) is 16.1 Å². The SMILES string of the molecule is O=C(Cc1cc(Br)ccc1CO)N1CCN(c2ncccc2C(F)(F)F)CC1. The highest BCUT2D eigenvalue weighted by atomic mass is 79.9. The quantitative estimate of drug-likeness (QED) is 0.765. The minimum absolute atomic E-state index is 0.100. The fourth-order valence-electron chi connectivity index (χ4n) is 3.23. The fraction of sp³-hybridized carbons (Fsp3) is 0.368. The molecule has 1 amide bonds. The van der Waals surface area contributed by atoms with Crippen molar-refractivity contribution in [2.75, 3.05) is 31.1 Å². The molecular formula is C19H19BrF3N3O2. The van der Waals surface area contributed by atoms with Crippen molar-refractivity contribution >= 4 is 27.7 Å². The zero-order valence-corrected chi connectivity index (χ0v) is 16.5. The molecular weight excluding hydrogens is 439 g/mol. The maximum Gasteiger partial charge on any atom is 0.419 e. The summed E-state index contributed by atoms with van der Waals surface area (Å²) in [5.41, 5.74) is 0.642. The van der Waals surface area contributed by atoms with E-state index in [1.54, 1.807) is 28.0 Å². The molecule has 2 aromatic rings. The molecule has 1 aliphatic rings. The van der Waals surface area contributed by atoms with Crippen LogP contribution in [-0.4, -0.2) is 47.1 Å². The molecule has 0 atom stereocenters. The number of piperazine rings is 1. The Kier molecular flexibility index (Phi) is 6.24. The van der Waals surface area contributed by atoms with Crippen LogP contribution in [0.5, 0.6) is 0 Å². The number of aromatic nitrogens is 1. The van der Waals surface area contributed by atoms with E-state index in [1.165, 1.54) is 12.3 Å². The predicted octanol–water partition coefficient (Wildman–Crippen LogP) is 3.25. The first-order chi connectivity index (χ1) is 13.3. The Balaban J connectivity index is 1.66. The van der Waals surface area contributed by atoms with Crippen molar-refractivity contribution in [2.24, 2.45) is 0 Å². The number of hydrogen-bond acceptors (Lipinski definition) is 4. The zero-order valence-electron chi connectivity index (χ0n) is 14.9. The number of aliphatic hydroxyl groups is 1. The van der Waals surface area contributed by atoms with Crippen LogP contribution < -0.4 is 4.90 Å². The van der Waals surface area contributed by atoms with Crippen LogP contribution in [-0.2, 0) is 24.0 Å². The van der Waals surface area contributed by atoms with Gasteiger partial charge in [0.25, 0.3) is 0 Å². The van der Waals surface area contributed by atoms with E-state index in [1.807, 2.05) is 0 Å². The van der Waals surface area contributed by atoms with Gasteiger partial charge in [0.1, 0.15) is 5.82 Å². The average Bonchev–Trinajstić information content (AvgIpc) is 2.67. The first-order valence-electron chi connectivity index (χ1n) is 8.72. The molecule has 9 heteroatoms. The number of hydrogen-bond donors (Lipinski definition) is 1. The number of nitrogens with zero attached hydrogens (tertiary/aromatic N) is 3. The lowest BCUT2D eigenvalue weighted by molar-refractivity contribution is -0.137. The molecule has 0 saturated carbocycles. The molecule has 0 spiro atoms. The number of rotatable bonds is 4. The number of carbonyl (C=O) groups excluding carboxylic acids is 1. The summed E-state index contributed by atoms with van der Waals surface area (Å²) in [6, 6.07) is 7.63. The van der Waals surface area contributed by atoms with E-state index in [2.05, 4.69) is 20.9 Å². The molecule has 1 aromatic heterocycles. The van der Waals surface area contributed by atoms with Gasteiger partial charge in [-0.2, -0.15) is 13.2 Å². The third-order valence-electron chi connectivity index (χ3n) is 4.70. The van der Waals surface area contributed by atoms with Crippen LogP contribution in [0.1, 0.15) is 16.7 Å². The van der Waals surface area contributed by atoms with Crippen molar-refractivity contribution in [3.05, 3.63) is 57.7 Å². The number of benzene rings is 1. The van der Waals surface area contributed by atoms with Crippen molar-refractivity contribution in [3.63, 3.8) is 0 Å². The topological polar surface area (TPSA) is 56.7 Å². The van der Waals surface area contributed by atoms with Crippen molar-refractivity contribution in [3.8, 4) is 0 Å². The van der Waals surface area contributed by atoms with E-state index in [4.69, 9.17) is 0 Å². The van der Waals surface area contributed by atoms with Gasteiger partial charge in [-0.05, 0) is 35.4 Å². The van der Waals surface area contributed by atoms with Gasteiger partial charge < -0.3 is 14.9 Å². The molecule has 0 bridgehead atoms. The molecule has 1 aromatic carbocycles. The second-order valence-corrected chi connectivity index (χ2v) is 7.40. The van der Waals surface area contributed by atoms with Crippen molar-refractivity contribution < 1.29 is 23.1 Å². The lowest BCUT2D eigenvalue weighted by atomic mass is 10.0. The van der Waals surface area contributed by atoms with Gasteiger partial charge in [0.15, 0.2) is 0 Å². The second kappa shape index (κ2) is 8.48. The lowest BCUT2D eigenvalue weighted by Crippen LogP contribution is -2.49. The molecule has 1 N–H and O–H groups in total. The van der Waals surface area contributed by atoms with E-state index in [0.29, 0.717) is 18.7 Å².